The average molecular weight is 551 g/mol. The van der Waals surface area contributed by atoms with Crippen molar-refractivity contribution >= 4 is 39.2 Å². The molecule has 0 fully saturated rings. The maximum absolute atomic E-state index is 12.2. The Labute approximate surface area is 242 Å². The first-order valence-corrected chi connectivity index (χ1v) is 15.2. The van der Waals surface area contributed by atoms with Crippen molar-refractivity contribution < 1.29 is 9.53 Å². The van der Waals surface area contributed by atoms with Gasteiger partial charge < -0.3 is 14.7 Å². The Morgan fingerprint density at radius 3 is 2.32 bits per heavy atom. The molecule has 2 atom stereocenters. The number of aryl methyl sites for hydroxylation is 5. The summed E-state index contributed by atoms with van der Waals surface area (Å²) in [5.74, 6) is 0.163. The van der Waals surface area contributed by atoms with Crippen LogP contribution in [0.3, 0.4) is 0 Å². The molecule has 0 unspecified atom stereocenters. The molecule has 1 aliphatic carbocycles. The summed E-state index contributed by atoms with van der Waals surface area (Å²) >= 11 is 0. The Hall–Kier alpha value is -3.67. The van der Waals surface area contributed by atoms with Crippen LogP contribution in [-0.4, -0.2) is 33.0 Å². The van der Waals surface area contributed by atoms with Crippen LogP contribution in [0, 0.1) is 20.8 Å². The Morgan fingerprint density at radius 1 is 0.902 bits per heavy atom. The summed E-state index contributed by atoms with van der Waals surface area (Å²) in [6.45, 7) is 15.6. The van der Waals surface area contributed by atoms with Gasteiger partial charge in [-0.25, -0.2) is 4.98 Å². The van der Waals surface area contributed by atoms with Crippen LogP contribution < -0.4 is 0 Å². The van der Waals surface area contributed by atoms with E-state index in [0.29, 0.717) is 12.8 Å². The minimum absolute atomic E-state index is 0.145. The highest BCUT2D eigenvalue weighted by Gasteiger charge is 2.36. The number of hydrogen-bond donors (Lipinski definition) is 2. The number of aromatic amines is 2. The van der Waals surface area contributed by atoms with E-state index in [9.17, 15) is 4.79 Å². The van der Waals surface area contributed by atoms with Gasteiger partial charge >= 0.3 is 5.97 Å². The topological polar surface area (TPSA) is 83.7 Å². The van der Waals surface area contributed by atoms with Crippen LogP contribution in [0.25, 0.3) is 33.2 Å². The molecule has 0 aromatic carbocycles. The Bertz CT molecular complexity index is 1790. The van der Waals surface area contributed by atoms with Gasteiger partial charge in [-0.3, -0.25) is 9.78 Å². The highest BCUT2D eigenvalue weighted by atomic mass is 16.5. The quantitative estimate of drug-likeness (QED) is 0.315. The molecule has 0 saturated heterocycles. The molecule has 8 bridgehead atoms. The molecule has 0 saturated carbocycles. The van der Waals surface area contributed by atoms with E-state index in [0.717, 1.165) is 70.5 Å². The number of carbonyl (C=O) groups is 1. The summed E-state index contributed by atoms with van der Waals surface area (Å²) in [5, 5.41) is 0. The molecule has 6 heteroatoms. The zero-order chi connectivity index (χ0) is 29.2. The lowest BCUT2D eigenvalue weighted by molar-refractivity contribution is -0.140. The van der Waals surface area contributed by atoms with Crippen LogP contribution in [0.1, 0.15) is 115 Å². The lowest BCUT2D eigenvalue weighted by Gasteiger charge is -2.17. The molecule has 0 amide bonds. The lowest BCUT2D eigenvalue weighted by Crippen LogP contribution is -2.09. The number of allylic oxidation sites excluding steroid dienone is 2. The fraction of sp³-hybridized carbons (Fsp3) is 0.457. The second kappa shape index (κ2) is 10.3. The fourth-order valence-corrected chi connectivity index (χ4v) is 7.56. The Morgan fingerprint density at radius 2 is 1.61 bits per heavy atom. The molecule has 214 valence electrons. The normalized spacial score (nSPS) is 18.0. The van der Waals surface area contributed by atoms with Gasteiger partial charge in [0.15, 0.2) is 0 Å². The fourth-order valence-electron chi connectivity index (χ4n) is 7.56. The third kappa shape index (κ3) is 4.25. The van der Waals surface area contributed by atoms with Gasteiger partial charge in [0.05, 0.1) is 18.5 Å². The molecule has 6 rings (SSSR count). The van der Waals surface area contributed by atoms with Gasteiger partial charge in [-0.05, 0) is 111 Å². The zero-order valence-electron chi connectivity index (χ0n) is 25.8. The summed E-state index contributed by atoms with van der Waals surface area (Å²) in [7, 11) is 1.47. The number of fused-ring (bicyclic) bond motifs is 8. The van der Waals surface area contributed by atoms with Crippen LogP contribution in [0.5, 0.6) is 0 Å². The molecule has 3 aromatic heterocycles. The van der Waals surface area contributed by atoms with E-state index in [1.165, 1.54) is 51.6 Å². The molecule has 41 heavy (non-hydrogen) atoms. The number of ether oxygens (including phenoxy) is 1. The molecule has 3 aliphatic rings. The first kappa shape index (κ1) is 27.5. The van der Waals surface area contributed by atoms with Gasteiger partial charge in [-0.2, -0.15) is 0 Å². The number of carbonyl (C=O) groups excluding carboxylic acids is 1. The van der Waals surface area contributed by atoms with E-state index >= 15 is 0 Å². The molecular formula is C35H42N4O2. The minimum Gasteiger partial charge on any atom is -0.469 e. The lowest BCUT2D eigenvalue weighted by atomic mass is 9.84. The van der Waals surface area contributed by atoms with E-state index in [2.05, 4.69) is 70.6 Å². The highest BCUT2D eigenvalue weighted by molar-refractivity contribution is 5.95. The van der Waals surface area contributed by atoms with Crippen molar-refractivity contribution in [3.05, 3.63) is 68.3 Å². The third-order valence-corrected chi connectivity index (χ3v) is 9.99. The van der Waals surface area contributed by atoms with Crippen LogP contribution in [0.15, 0.2) is 12.1 Å². The number of hydrogen-bond acceptors (Lipinski definition) is 4. The maximum atomic E-state index is 12.2. The second-order valence-corrected chi connectivity index (χ2v) is 12.0. The molecule has 2 aliphatic heterocycles. The van der Waals surface area contributed by atoms with Crippen molar-refractivity contribution in [2.75, 3.05) is 7.11 Å². The van der Waals surface area contributed by atoms with Gasteiger partial charge in [0.2, 0.25) is 0 Å². The van der Waals surface area contributed by atoms with E-state index in [1.807, 2.05) is 0 Å². The van der Waals surface area contributed by atoms with Crippen molar-refractivity contribution in [3.8, 4) is 0 Å². The van der Waals surface area contributed by atoms with E-state index in [1.54, 1.807) is 0 Å². The first-order chi connectivity index (χ1) is 19.7. The molecule has 0 spiro atoms. The third-order valence-electron chi connectivity index (χ3n) is 9.99. The Balaban J connectivity index is 1.75. The number of rotatable bonds is 5. The molecule has 2 N–H and O–H groups in total. The second-order valence-electron chi connectivity index (χ2n) is 12.0. The van der Waals surface area contributed by atoms with E-state index < -0.39 is 0 Å². The van der Waals surface area contributed by atoms with Crippen molar-refractivity contribution in [2.45, 2.75) is 98.8 Å². The van der Waals surface area contributed by atoms with Gasteiger partial charge in [-0.15, -0.1) is 0 Å². The smallest absolute Gasteiger partial charge is 0.305 e. The van der Waals surface area contributed by atoms with Crippen molar-refractivity contribution in [3.63, 3.8) is 0 Å². The summed E-state index contributed by atoms with van der Waals surface area (Å²) in [6, 6.07) is 4.53. The number of aromatic nitrogens is 4. The minimum atomic E-state index is -0.166. The van der Waals surface area contributed by atoms with Gasteiger partial charge in [0, 0.05) is 57.3 Å². The van der Waals surface area contributed by atoms with Crippen LogP contribution in [0.4, 0.5) is 0 Å². The highest BCUT2D eigenvalue weighted by Crippen LogP contribution is 2.48. The predicted molar refractivity (Wildman–Crippen MR) is 167 cm³/mol. The number of methoxy groups -OCH3 is 1. The van der Waals surface area contributed by atoms with Crippen molar-refractivity contribution in [1.29, 1.82) is 0 Å². The van der Waals surface area contributed by atoms with Gasteiger partial charge in [-0.1, -0.05) is 20.8 Å². The molecule has 5 heterocycles. The first-order valence-electron chi connectivity index (χ1n) is 15.2. The van der Waals surface area contributed by atoms with E-state index in [-0.39, 0.29) is 17.8 Å². The largest absolute Gasteiger partial charge is 0.469 e. The molecular weight excluding hydrogens is 508 g/mol. The number of esters is 1. The molecule has 3 aromatic rings. The van der Waals surface area contributed by atoms with Crippen LogP contribution >= 0.6 is 0 Å². The van der Waals surface area contributed by atoms with Gasteiger partial charge in [0.1, 0.15) is 0 Å². The maximum Gasteiger partial charge on any atom is 0.305 e. The Kier molecular flexibility index (Phi) is 6.91. The SMILES string of the molecule is CCc1c(C)c2cc3[nH]c(c(C)c4nc(c5c6nc(cc1[nH]2)C(C)=C6CC5)[C@@H](CCC(=O)OC)[C@@H]4C)c(C)c3CC. The number of H-pyrrole nitrogens is 2. The summed E-state index contributed by atoms with van der Waals surface area (Å²) in [4.78, 5) is 30.5. The van der Waals surface area contributed by atoms with Crippen LogP contribution in [0.2, 0.25) is 0 Å². The van der Waals surface area contributed by atoms with Crippen LogP contribution in [-0.2, 0) is 28.8 Å². The monoisotopic (exact) mass is 550 g/mol. The zero-order valence-corrected chi connectivity index (χ0v) is 25.8. The number of nitrogens with zero attached hydrogens (tertiary/aromatic N) is 2. The average Bonchev–Trinajstić information content (AvgIpc) is 3.73. The summed E-state index contributed by atoms with van der Waals surface area (Å²) in [6.07, 6.45) is 4.93. The number of nitrogens with one attached hydrogen (secondary N) is 2. The summed E-state index contributed by atoms with van der Waals surface area (Å²) < 4.78 is 5.03. The predicted octanol–water partition coefficient (Wildman–Crippen LogP) is 8.08. The van der Waals surface area contributed by atoms with Crippen molar-refractivity contribution in [1.82, 2.24) is 19.9 Å². The standard InChI is InChI=1S/C35H42N4O2/c1-9-22-17(3)27-15-30-23(10-2)19(5)32(38-30)21(7)33-20(6)25(13-14-31(40)41-8)35(39-33)26-12-11-24-18(4)28(37-34(24)26)16-29(22)36-27/h15-16,20,25,36,38H,9-14H2,1-8H3/t20-,25-/m0/s1. The van der Waals surface area contributed by atoms with Gasteiger partial charge in [0.25, 0.3) is 0 Å². The molecule has 6 nitrogen and oxygen atoms in total. The molecule has 0 radical (unpaired) electrons. The van der Waals surface area contributed by atoms with E-state index in [4.69, 9.17) is 14.7 Å². The summed E-state index contributed by atoms with van der Waals surface area (Å²) in [5.41, 5.74) is 19.3. The van der Waals surface area contributed by atoms with Crippen molar-refractivity contribution in [2.24, 2.45) is 0 Å².